The molecule has 1 saturated heterocycles. The lowest BCUT2D eigenvalue weighted by atomic mass is 10.2. The van der Waals surface area contributed by atoms with Gasteiger partial charge in [0, 0.05) is 31.4 Å². The molecule has 1 heterocycles. The molecule has 3 N–H and O–H groups in total. The third-order valence-corrected chi connectivity index (χ3v) is 3.53. The Morgan fingerprint density at radius 2 is 2.04 bits per heavy atom. The van der Waals surface area contributed by atoms with Crippen molar-refractivity contribution in [2.24, 2.45) is 4.99 Å². The van der Waals surface area contributed by atoms with E-state index in [0.717, 1.165) is 30.3 Å². The van der Waals surface area contributed by atoms with Crippen molar-refractivity contribution >= 4 is 41.5 Å². The Kier molecular flexibility index (Phi) is 8.88. The highest BCUT2D eigenvalue weighted by molar-refractivity contribution is 14.0. The fourth-order valence-corrected chi connectivity index (χ4v) is 2.43. The minimum Gasteiger partial charge on any atom is -0.360 e. The molecular formula is C17H28IN5O. The lowest BCUT2D eigenvalue weighted by molar-refractivity contribution is -0.120. The van der Waals surface area contributed by atoms with Crippen molar-refractivity contribution in [3.8, 4) is 0 Å². The van der Waals surface area contributed by atoms with Crippen LogP contribution in [0.3, 0.4) is 0 Å². The highest BCUT2D eigenvalue weighted by Crippen LogP contribution is 2.16. The number of nitrogens with one attached hydrogen (secondary N) is 3. The molecule has 2 rings (SSSR count). The summed E-state index contributed by atoms with van der Waals surface area (Å²) < 4.78 is 0. The number of aliphatic imine (C=N–C) groups is 1. The zero-order valence-corrected chi connectivity index (χ0v) is 17.0. The summed E-state index contributed by atoms with van der Waals surface area (Å²) in [6.45, 7) is 9.70. The number of hydrogen-bond acceptors (Lipinski definition) is 3. The van der Waals surface area contributed by atoms with Crippen LogP contribution in [0.2, 0.25) is 0 Å². The van der Waals surface area contributed by atoms with Crippen LogP contribution >= 0.6 is 24.0 Å². The second-order valence-corrected chi connectivity index (χ2v) is 5.93. The predicted octanol–water partition coefficient (Wildman–Crippen LogP) is 1.70. The summed E-state index contributed by atoms with van der Waals surface area (Å²) in [5.74, 6) is 0.916. The maximum atomic E-state index is 11.5. The van der Waals surface area contributed by atoms with Gasteiger partial charge in [0.1, 0.15) is 0 Å². The minimum atomic E-state index is 0. The molecule has 1 aromatic carbocycles. The number of halogens is 1. The summed E-state index contributed by atoms with van der Waals surface area (Å²) in [6.07, 6.45) is 0. The molecule has 1 aliphatic heterocycles. The van der Waals surface area contributed by atoms with E-state index in [9.17, 15) is 4.79 Å². The molecule has 0 bridgehead atoms. The Morgan fingerprint density at radius 1 is 1.33 bits per heavy atom. The first-order valence-electron chi connectivity index (χ1n) is 8.24. The molecule has 0 aliphatic carbocycles. The Morgan fingerprint density at radius 3 is 2.62 bits per heavy atom. The molecule has 6 nitrogen and oxygen atoms in total. The van der Waals surface area contributed by atoms with Crippen LogP contribution in [0.25, 0.3) is 0 Å². The number of guanidine groups is 1. The Labute approximate surface area is 161 Å². The van der Waals surface area contributed by atoms with E-state index >= 15 is 0 Å². The van der Waals surface area contributed by atoms with Crippen LogP contribution in [0.4, 0.5) is 5.69 Å². The van der Waals surface area contributed by atoms with Gasteiger partial charge in [0.25, 0.3) is 0 Å². The van der Waals surface area contributed by atoms with E-state index in [-0.39, 0.29) is 29.9 Å². The number of carbonyl (C=O) groups is 1. The molecule has 0 saturated carbocycles. The summed E-state index contributed by atoms with van der Waals surface area (Å²) >= 11 is 0. The van der Waals surface area contributed by atoms with E-state index in [1.807, 2.05) is 0 Å². The van der Waals surface area contributed by atoms with Gasteiger partial charge in [-0.15, -0.1) is 24.0 Å². The molecule has 1 amide bonds. The van der Waals surface area contributed by atoms with Crippen LogP contribution in [0.1, 0.15) is 26.3 Å². The van der Waals surface area contributed by atoms with E-state index < -0.39 is 0 Å². The number of nitrogens with zero attached hydrogens (tertiary/aromatic N) is 2. The number of hydrogen-bond donors (Lipinski definition) is 3. The van der Waals surface area contributed by atoms with Gasteiger partial charge in [-0.1, -0.05) is 12.1 Å². The molecule has 24 heavy (non-hydrogen) atoms. The van der Waals surface area contributed by atoms with E-state index in [1.165, 1.54) is 0 Å². The third kappa shape index (κ3) is 6.54. The lowest BCUT2D eigenvalue weighted by Gasteiger charge is -2.28. The van der Waals surface area contributed by atoms with E-state index in [2.05, 4.69) is 70.9 Å². The van der Waals surface area contributed by atoms with Crippen molar-refractivity contribution in [3.05, 3.63) is 29.8 Å². The fraction of sp³-hybridized carbons (Fsp3) is 0.529. The van der Waals surface area contributed by atoms with Gasteiger partial charge >= 0.3 is 0 Å². The second-order valence-electron chi connectivity index (χ2n) is 5.93. The van der Waals surface area contributed by atoms with Gasteiger partial charge in [-0.3, -0.25) is 4.79 Å². The van der Waals surface area contributed by atoms with Gasteiger partial charge in [0.05, 0.1) is 13.1 Å². The smallest absolute Gasteiger partial charge is 0.239 e. The molecule has 0 spiro atoms. The molecule has 1 fully saturated rings. The summed E-state index contributed by atoms with van der Waals surface area (Å²) in [4.78, 5) is 18.1. The fourth-order valence-electron chi connectivity index (χ4n) is 2.43. The number of carbonyl (C=O) groups excluding carboxylic acids is 1. The molecule has 0 unspecified atom stereocenters. The van der Waals surface area contributed by atoms with Crippen LogP contribution in [0.5, 0.6) is 0 Å². The molecule has 134 valence electrons. The monoisotopic (exact) mass is 445 g/mol. The maximum Gasteiger partial charge on any atom is 0.239 e. The quantitative estimate of drug-likeness (QED) is 0.367. The van der Waals surface area contributed by atoms with Gasteiger partial charge in [0.2, 0.25) is 5.91 Å². The highest BCUT2D eigenvalue weighted by Gasteiger charge is 2.16. The number of anilines is 1. The van der Waals surface area contributed by atoms with Gasteiger partial charge in [-0.25, -0.2) is 4.99 Å². The van der Waals surface area contributed by atoms with Crippen molar-refractivity contribution in [3.63, 3.8) is 0 Å². The number of piperazine rings is 1. The maximum absolute atomic E-state index is 11.5. The van der Waals surface area contributed by atoms with Crippen molar-refractivity contribution < 1.29 is 4.79 Å². The third-order valence-electron chi connectivity index (χ3n) is 3.53. The average Bonchev–Trinajstić information content (AvgIpc) is 2.53. The van der Waals surface area contributed by atoms with E-state index in [4.69, 9.17) is 0 Å². The zero-order chi connectivity index (χ0) is 16.7. The Hall–Kier alpha value is -1.51. The zero-order valence-electron chi connectivity index (χ0n) is 14.6. The Bertz CT molecular complexity index is 544. The molecule has 0 atom stereocenters. The molecule has 1 aliphatic rings. The first-order chi connectivity index (χ1) is 11.1. The van der Waals surface area contributed by atoms with Gasteiger partial charge in [-0.2, -0.15) is 0 Å². The topological polar surface area (TPSA) is 68.8 Å². The highest BCUT2D eigenvalue weighted by atomic mass is 127. The molecule has 7 heteroatoms. The van der Waals surface area contributed by atoms with Gasteiger partial charge in [-0.05, 0) is 38.5 Å². The summed E-state index contributed by atoms with van der Waals surface area (Å²) in [6, 6.07) is 8.62. The average molecular weight is 445 g/mol. The van der Waals surface area contributed by atoms with Crippen molar-refractivity contribution in [1.29, 1.82) is 0 Å². The first-order valence-corrected chi connectivity index (χ1v) is 8.24. The van der Waals surface area contributed by atoms with Crippen molar-refractivity contribution in [2.75, 3.05) is 31.1 Å². The van der Waals surface area contributed by atoms with Crippen LogP contribution in [-0.4, -0.2) is 44.1 Å². The molecule has 0 aromatic heterocycles. The number of rotatable bonds is 5. The summed E-state index contributed by atoms with van der Waals surface area (Å²) in [5, 5.41) is 9.38. The number of amides is 1. The number of benzene rings is 1. The standard InChI is InChI=1S/C17H27N5O.HI/c1-4-18-17(21-13(2)3)20-11-14-5-7-15(8-6-14)22-10-9-19-16(23)12-22;/h5-8,13H,4,9-12H2,1-3H3,(H,19,23)(H2,18,20,21);1H. The lowest BCUT2D eigenvalue weighted by Crippen LogP contribution is -2.47. The predicted molar refractivity (Wildman–Crippen MR) is 110 cm³/mol. The van der Waals surface area contributed by atoms with E-state index in [1.54, 1.807) is 0 Å². The second kappa shape index (κ2) is 10.4. The first kappa shape index (κ1) is 20.5. The Balaban J connectivity index is 0.00000288. The van der Waals surface area contributed by atoms with Crippen LogP contribution in [0.15, 0.2) is 29.3 Å². The van der Waals surface area contributed by atoms with E-state index in [0.29, 0.717) is 25.7 Å². The largest absolute Gasteiger partial charge is 0.360 e. The van der Waals surface area contributed by atoms with Crippen LogP contribution in [-0.2, 0) is 11.3 Å². The van der Waals surface area contributed by atoms with Crippen molar-refractivity contribution in [2.45, 2.75) is 33.4 Å². The molecular weight excluding hydrogens is 417 g/mol. The van der Waals surface area contributed by atoms with Gasteiger partial charge < -0.3 is 20.9 Å². The molecule has 0 radical (unpaired) electrons. The minimum absolute atomic E-state index is 0. The summed E-state index contributed by atoms with van der Waals surface area (Å²) in [5.41, 5.74) is 2.23. The SMILES string of the molecule is CCNC(=NCc1ccc(N2CCNC(=O)C2)cc1)NC(C)C.I. The normalized spacial score (nSPS) is 14.9. The van der Waals surface area contributed by atoms with Crippen LogP contribution < -0.4 is 20.9 Å². The van der Waals surface area contributed by atoms with Crippen molar-refractivity contribution in [1.82, 2.24) is 16.0 Å². The van der Waals surface area contributed by atoms with Gasteiger partial charge in [0.15, 0.2) is 5.96 Å². The van der Waals surface area contributed by atoms with Crippen LogP contribution in [0, 0.1) is 0 Å². The molecule has 1 aromatic rings. The summed E-state index contributed by atoms with van der Waals surface area (Å²) in [7, 11) is 0.